The van der Waals surface area contributed by atoms with Crippen LogP contribution in [0.3, 0.4) is 0 Å². The zero-order chi connectivity index (χ0) is 55.3. The van der Waals surface area contributed by atoms with Crippen molar-refractivity contribution in [2.75, 3.05) is 197 Å². The number of Topliss-reactive ketones (excluding diaryl/α,β-unsaturated/α-hetero) is 7. The van der Waals surface area contributed by atoms with Crippen LogP contribution in [0.15, 0.2) is 0 Å². The molecule has 0 spiro atoms. The van der Waals surface area contributed by atoms with Crippen LogP contribution in [0.5, 0.6) is 0 Å². The standard InChI is InChI=1S/C8H17N3O.2C8H16N2O.C7H14N2O.C6H13N3O.C6H11NO3.C6H11NOS2/c1-8(12)4-11-6-9(2)5-10(3)7-11;1-8(11)6-10-5-3-4-9(2)7-10;1-8(11)7-10-6-4-3-5-9(10)2;1-7(10)6-9-5-3-2-4-8-9;1-6(10)2-9-4-7-3-8-5-9;2*1-6(8)2-7-3-9-5-10-4-7/h4-7H2,1-3H3;2*3-7H2,1-2H3;8H,2-6H2,1H3;7-8H,2-5H2,1H3;2*2-5H2,1H3. The van der Waals surface area contributed by atoms with Crippen molar-refractivity contribution in [3.63, 3.8) is 0 Å². The number of carbonyl (C=O) groups is 7. The summed E-state index contributed by atoms with van der Waals surface area (Å²) in [7, 11) is 8.25. The van der Waals surface area contributed by atoms with Crippen molar-refractivity contribution < 1.29 is 43.0 Å². The van der Waals surface area contributed by atoms with Gasteiger partial charge in [-0.3, -0.25) is 88.8 Å². The predicted molar refractivity (Wildman–Crippen MR) is 295 cm³/mol. The van der Waals surface area contributed by atoms with Gasteiger partial charge in [-0.1, -0.05) is 0 Å². The fraction of sp³-hybridized carbons (Fsp3) is 0.857. The summed E-state index contributed by atoms with van der Waals surface area (Å²) in [4.78, 5) is 91.8. The maximum absolute atomic E-state index is 10.8. The molecule has 430 valence electrons. The van der Waals surface area contributed by atoms with Crippen LogP contribution in [0.4, 0.5) is 0 Å². The summed E-state index contributed by atoms with van der Waals surface area (Å²) < 4.78 is 9.87. The van der Waals surface area contributed by atoms with E-state index < -0.39 is 0 Å². The first-order chi connectivity index (χ1) is 35.1. The van der Waals surface area contributed by atoms with Gasteiger partial charge < -0.3 is 9.47 Å². The second kappa shape index (κ2) is 42.7. The maximum Gasteiger partial charge on any atom is 0.150 e. The van der Waals surface area contributed by atoms with Crippen molar-refractivity contribution in [1.82, 2.24) is 70.3 Å². The van der Waals surface area contributed by atoms with E-state index in [-0.39, 0.29) is 40.5 Å². The van der Waals surface area contributed by atoms with Gasteiger partial charge in [0.05, 0.1) is 85.8 Å². The molecule has 0 aromatic carbocycles. The van der Waals surface area contributed by atoms with Gasteiger partial charge in [-0.2, -0.15) is 0 Å². The Morgan fingerprint density at radius 3 is 1.42 bits per heavy atom. The van der Waals surface area contributed by atoms with Gasteiger partial charge in [0.15, 0.2) is 0 Å². The molecule has 7 heterocycles. The summed E-state index contributed by atoms with van der Waals surface area (Å²) in [5.74, 6) is 3.63. The summed E-state index contributed by atoms with van der Waals surface area (Å²) in [6.45, 7) is 29.2. The zero-order valence-corrected chi connectivity index (χ0v) is 49.0. The van der Waals surface area contributed by atoms with E-state index in [0.717, 1.165) is 97.7 Å². The zero-order valence-electron chi connectivity index (χ0n) is 47.3. The molecule has 0 unspecified atom stereocenters. The van der Waals surface area contributed by atoms with E-state index in [9.17, 15) is 33.6 Å². The molecule has 23 nitrogen and oxygen atoms in total. The highest BCUT2D eigenvalue weighted by molar-refractivity contribution is 8.16. The Bertz CT molecular complexity index is 1460. The van der Waals surface area contributed by atoms with Crippen LogP contribution < -0.4 is 16.1 Å². The Labute approximate surface area is 453 Å². The number of nitrogens with zero attached hydrogens (tertiary/aromatic N) is 11. The molecular weight excluding hydrogens is 993 g/mol. The normalized spacial score (nSPS) is 21.6. The molecule has 0 amide bonds. The Balaban J connectivity index is 0.000000432. The summed E-state index contributed by atoms with van der Waals surface area (Å²) >= 11 is 3.76. The highest BCUT2D eigenvalue weighted by Gasteiger charge is 2.20. The minimum atomic E-state index is 0.133. The highest BCUT2D eigenvalue weighted by atomic mass is 32.2. The summed E-state index contributed by atoms with van der Waals surface area (Å²) in [6, 6.07) is 0. The van der Waals surface area contributed by atoms with Gasteiger partial charge in [-0.25, -0.2) is 15.0 Å². The molecule has 25 heteroatoms. The van der Waals surface area contributed by atoms with Crippen LogP contribution in [-0.4, -0.2) is 292 Å². The lowest BCUT2D eigenvalue weighted by molar-refractivity contribution is -0.183. The van der Waals surface area contributed by atoms with Gasteiger partial charge in [-0.15, -0.1) is 23.5 Å². The van der Waals surface area contributed by atoms with Crippen LogP contribution in [0.1, 0.15) is 80.6 Å². The number of hydrazine groups is 2. The summed E-state index contributed by atoms with van der Waals surface area (Å²) in [5, 5.41) is 13.6. The molecule has 0 aliphatic carbocycles. The van der Waals surface area contributed by atoms with Gasteiger partial charge in [0.2, 0.25) is 0 Å². The largest absolute Gasteiger partial charge is 0.340 e. The minimum Gasteiger partial charge on any atom is -0.340 e. The number of carbonyl (C=O) groups excluding carboxylic acids is 7. The fourth-order valence-corrected chi connectivity index (χ4v) is 10.4. The van der Waals surface area contributed by atoms with E-state index >= 15 is 0 Å². The van der Waals surface area contributed by atoms with Crippen molar-refractivity contribution >= 4 is 64.0 Å². The first-order valence-corrected chi connectivity index (χ1v) is 28.2. The molecule has 3 N–H and O–H groups in total. The van der Waals surface area contributed by atoms with E-state index in [1.54, 1.807) is 53.4 Å². The molecule has 0 radical (unpaired) electrons. The third-order valence-corrected chi connectivity index (χ3v) is 13.5. The molecule has 7 saturated heterocycles. The van der Waals surface area contributed by atoms with Crippen LogP contribution in [0, 0.1) is 0 Å². The number of ether oxygens (including phenoxy) is 2. The SMILES string of the molecule is CC(=O)CN1CCCCN1.CC(=O)CN1CCCCN1C.CC(=O)CN1CCCN(C)C1.CC(=O)CN1CN(C)CN(C)C1.CC(=O)CN1CNCNC1.CC(=O)CN1COCOC1.CC(=O)CN1CSCSC1. The van der Waals surface area contributed by atoms with Gasteiger partial charge in [0.25, 0.3) is 0 Å². The number of rotatable bonds is 14. The first kappa shape index (κ1) is 69.8. The van der Waals surface area contributed by atoms with Crippen molar-refractivity contribution in [1.29, 1.82) is 0 Å². The monoisotopic (exact) mass is 1090 g/mol. The summed E-state index contributed by atoms with van der Waals surface area (Å²) in [6.07, 6.45) is 6.10. The third kappa shape index (κ3) is 40.0. The van der Waals surface area contributed by atoms with Crippen LogP contribution in [0.25, 0.3) is 0 Å². The van der Waals surface area contributed by atoms with Crippen LogP contribution in [0.2, 0.25) is 0 Å². The molecule has 0 saturated carbocycles. The molecule has 74 heavy (non-hydrogen) atoms. The van der Waals surface area contributed by atoms with Gasteiger partial charge >= 0.3 is 0 Å². The number of nitrogens with one attached hydrogen (secondary N) is 3. The first-order valence-electron chi connectivity index (χ1n) is 25.9. The van der Waals surface area contributed by atoms with E-state index in [2.05, 4.69) is 76.6 Å². The van der Waals surface area contributed by atoms with Gasteiger partial charge in [-0.05, 0) is 102 Å². The third-order valence-electron chi connectivity index (χ3n) is 11.0. The number of hydrogen-bond donors (Lipinski definition) is 3. The van der Waals surface area contributed by atoms with Crippen molar-refractivity contribution in [3.05, 3.63) is 0 Å². The molecule has 0 aromatic rings. The number of thioether (sulfide) groups is 2. The summed E-state index contributed by atoms with van der Waals surface area (Å²) in [5.41, 5.74) is 3.16. The van der Waals surface area contributed by atoms with Crippen LogP contribution in [-0.2, 0) is 43.0 Å². The molecule has 7 rings (SSSR count). The lowest BCUT2D eigenvalue weighted by atomic mass is 10.2. The molecule has 7 fully saturated rings. The van der Waals surface area contributed by atoms with Gasteiger partial charge in [0.1, 0.15) is 60.7 Å². The van der Waals surface area contributed by atoms with Gasteiger partial charge in [0, 0.05) is 69.8 Å². The smallest absolute Gasteiger partial charge is 0.150 e. The van der Waals surface area contributed by atoms with E-state index in [0.29, 0.717) is 66.1 Å². The Morgan fingerprint density at radius 2 is 0.919 bits per heavy atom. The fourth-order valence-electron chi connectivity index (χ4n) is 8.36. The van der Waals surface area contributed by atoms with Crippen molar-refractivity contribution in [3.8, 4) is 0 Å². The minimum absolute atomic E-state index is 0.133. The molecule has 0 aromatic heterocycles. The topological polar surface area (TPSA) is 210 Å². The van der Waals surface area contributed by atoms with Crippen molar-refractivity contribution in [2.45, 2.75) is 80.6 Å². The van der Waals surface area contributed by atoms with E-state index in [4.69, 9.17) is 9.47 Å². The van der Waals surface area contributed by atoms with Crippen molar-refractivity contribution in [2.24, 2.45) is 0 Å². The average molecular weight is 1090 g/mol. The Hall–Kier alpha value is -2.25. The predicted octanol–water partition coefficient (Wildman–Crippen LogP) is 0.461. The molecule has 7 aliphatic rings. The average Bonchev–Trinajstić information content (AvgIpc) is 3.31. The Kier molecular flexibility index (Phi) is 40.3. The lowest BCUT2D eigenvalue weighted by Crippen LogP contribution is -2.52. The van der Waals surface area contributed by atoms with Crippen LogP contribution >= 0.6 is 23.5 Å². The second-order valence-corrected chi connectivity index (χ2v) is 22.3. The molecule has 7 aliphatic heterocycles. The molecule has 0 bridgehead atoms. The lowest BCUT2D eigenvalue weighted by Gasteiger charge is -2.38. The second-order valence-electron chi connectivity index (χ2n) is 20.1. The molecule has 0 atom stereocenters. The number of ketones is 7. The molecular formula is C49H98N14O9S2. The maximum atomic E-state index is 10.8. The van der Waals surface area contributed by atoms with E-state index in [1.807, 2.05) is 40.5 Å². The quantitative estimate of drug-likeness (QED) is 0.216. The Morgan fingerprint density at radius 1 is 0.446 bits per heavy atom. The van der Waals surface area contributed by atoms with E-state index in [1.165, 1.54) is 37.2 Å². The highest BCUT2D eigenvalue weighted by Crippen LogP contribution is 2.21. The number of hydrogen-bond acceptors (Lipinski definition) is 25.